The molecule has 1 aliphatic rings. The van der Waals surface area contributed by atoms with Gasteiger partial charge in [-0.05, 0) is 24.8 Å². The van der Waals surface area contributed by atoms with Crippen LogP contribution in [0.3, 0.4) is 0 Å². The maximum absolute atomic E-state index is 11.9. The predicted octanol–water partition coefficient (Wildman–Crippen LogP) is 2.97. The number of hydrogen-bond donors (Lipinski definition) is 1. The van der Waals surface area contributed by atoms with Crippen molar-refractivity contribution in [1.82, 2.24) is 15.5 Å². The quantitative estimate of drug-likeness (QED) is 0.738. The minimum absolute atomic E-state index is 0.0386. The summed E-state index contributed by atoms with van der Waals surface area (Å²) in [5.41, 5.74) is 0.758. The van der Waals surface area contributed by atoms with E-state index in [1.54, 1.807) is 18.6 Å². The van der Waals surface area contributed by atoms with Crippen molar-refractivity contribution in [2.45, 2.75) is 51.6 Å². The van der Waals surface area contributed by atoms with Crippen molar-refractivity contribution in [3.8, 4) is 11.4 Å². The van der Waals surface area contributed by atoms with Gasteiger partial charge in [-0.25, -0.2) is 0 Å². The van der Waals surface area contributed by atoms with Crippen LogP contribution >= 0.6 is 0 Å². The van der Waals surface area contributed by atoms with Crippen molar-refractivity contribution >= 4 is 5.91 Å². The first-order chi connectivity index (χ1) is 12.2. The summed E-state index contributed by atoms with van der Waals surface area (Å²) in [6, 6.07) is 1.76. The smallest absolute Gasteiger partial charge is 0.227 e. The van der Waals surface area contributed by atoms with E-state index in [1.165, 1.54) is 19.3 Å². The molecule has 25 heavy (non-hydrogen) atoms. The summed E-state index contributed by atoms with van der Waals surface area (Å²) in [4.78, 5) is 16.1. The van der Waals surface area contributed by atoms with Crippen LogP contribution in [0.15, 0.2) is 27.5 Å². The normalized spacial score (nSPS) is 20.5. The highest BCUT2D eigenvalue weighted by Crippen LogP contribution is 2.26. The lowest BCUT2D eigenvalue weighted by Gasteiger charge is -2.28. The lowest BCUT2D eigenvalue weighted by molar-refractivity contribution is -0.121. The molecule has 2 atom stereocenters. The van der Waals surface area contributed by atoms with Crippen molar-refractivity contribution in [3.63, 3.8) is 0 Å². The zero-order valence-electron chi connectivity index (χ0n) is 14.6. The molecule has 0 aromatic carbocycles. The van der Waals surface area contributed by atoms with E-state index in [1.807, 2.05) is 0 Å². The topological polar surface area (TPSA) is 90.4 Å². The van der Waals surface area contributed by atoms with Gasteiger partial charge in [-0.15, -0.1) is 0 Å². The number of carbonyl (C=O) groups is 1. The molecule has 0 radical (unpaired) electrons. The standard InChI is InChI=1S/C18H25N3O4/c1-13-4-2-3-5-15(13)24-11-9-19-16(22)6-7-17-20-18(21-25-17)14-8-10-23-12-14/h8,10,12-13,15H,2-7,9,11H2,1H3,(H,19,22)/t13-,15-/m1/s1. The van der Waals surface area contributed by atoms with Gasteiger partial charge in [0.1, 0.15) is 6.26 Å². The summed E-state index contributed by atoms with van der Waals surface area (Å²) in [7, 11) is 0. The van der Waals surface area contributed by atoms with Crippen molar-refractivity contribution < 1.29 is 18.5 Å². The summed E-state index contributed by atoms with van der Waals surface area (Å²) in [6.07, 6.45) is 9.08. The summed E-state index contributed by atoms with van der Waals surface area (Å²) in [5, 5.41) is 6.75. The fraction of sp³-hybridized carbons (Fsp3) is 0.611. The largest absolute Gasteiger partial charge is 0.472 e. The zero-order valence-corrected chi connectivity index (χ0v) is 14.6. The summed E-state index contributed by atoms with van der Waals surface area (Å²) in [6.45, 7) is 3.34. The Morgan fingerprint density at radius 2 is 2.28 bits per heavy atom. The van der Waals surface area contributed by atoms with Crippen molar-refractivity contribution in [3.05, 3.63) is 24.5 Å². The Kier molecular flexibility index (Phi) is 6.22. The van der Waals surface area contributed by atoms with Gasteiger partial charge in [0.15, 0.2) is 0 Å². The van der Waals surface area contributed by atoms with E-state index in [2.05, 4.69) is 22.4 Å². The third-order valence-corrected chi connectivity index (χ3v) is 4.60. The third-order valence-electron chi connectivity index (χ3n) is 4.60. The number of furan rings is 1. The Balaban J connectivity index is 1.32. The molecule has 2 heterocycles. The van der Waals surface area contributed by atoms with Crippen LogP contribution in [0.25, 0.3) is 11.4 Å². The van der Waals surface area contributed by atoms with Crippen LogP contribution < -0.4 is 5.32 Å². The highest BCUT2D eigenvalue weighted by Gasteiger charge is 2.21. The molecule has 0 saturated heterocycles. The molecule has 0 bridgehead atoms. The Bertz CT molecular complexity index is 653. The molecular weight excluding hydrogens is 322 g/mol. The molecule has 136 valence electrons. The number of aryl methyl sites for hydroxylation is 1. The molecule has 7 heteroatoms. The van der Waals surface area contributed by atoms with E-state index in [9.17, 15) is 4.79 Å². The summed E-state index contributed by atoms with van der Waals surface area (Å²) in [5.74, 6) is 1.49. The second-order valence-electron chi connectivity index (χ2n) is 6.54. The average Bonchev–Trinajstić information content (AvgIpc) is 3.29. The van der Waals surface area contributed by atoms with Crippen molar-refractivity contribution in [1.29, 1.82) is 0 Å². The Hall–Kier alpha value is -2.15. The van der Waals surface area contributed by atoms with Crippen molar-refractivity contribution in [2.75, 3.05) is 13.2 Å². The number of amides is 1. The van der Waals surface area contributed by atoms with Crippen LogP contribution in [0.4, 0.5) is 0 Å². The van der Waals surface area contributed by atoms with Crippen molar-refractivity contribution in [2.24, 2.45) is 5.92 Å². The molecule has 1 saturated carbocycles. The van der Waals surface area contributed by atoms with Gasteiger partial charge in [0, 0.05) is 19.4 Å². The molecule has 1 amide bonds. The fourth-order valence-corrected chi connectivity index (χ4v) is 3.10. The number of nitrogens with zero attached hydrogens (tertiary/aromatic N) is 2. The number of rotatable bonds is 8. The van der Waals surface area contributed by atoms with Crippen LogP contribution in [0.1, 0.15) is 44.9 Å². The zero-order chi connectivity index (χ0) is 17.5. The molecule has 3 rings (SSSR count). The maximum Gasteiger partial charge on any atom is 0.227 e. The minimum Gasteiger partial charge on any atom is -0.472 e. The molecular formula is C18H25N3O4. The molecule has 0 spiro atoms. The van der Waals surface area contributed by atoms with Crippen LogP contribution in [0.5, 0.6) is 0 Å². The first-order valence-electron chi connectivity index (χ1n) is 8.96. The Labute approximate surface area is 147 Å². The van der Waals surface area contributed by atoms with Crippen LogP contribution in [0.2, 0.25) is 0 Å². The number of carbonyl (C=O) groups excluding carboxylic acids is 1. The maximum atomic E-state index is 11.9. The number of nitrogens with one attached hydrogen (secondary N) is 1. The number of ether oxygens (including phenoxy) is 1. The van der Waals surface area contributed by atoms with Crippen LogP contribution in [0, 0.1) is 5.92 Å². The van der Waals surface area contributed by atoms with Gasteiger partial charge >= 0.3 is 0 Å². The van der Waals surface area contributed by atoms with E-state index in [0.29, 0.717) is 49.7 Å². The van der Waals surface area contributed by atoms with Gasteiger partial charge in [0.2, 0.25) is 17.6 Å². The van der Waals surface area contributed by atoms with Gasteiger partial charge in [0.05, 0.1) is 24.5 Å². The van der Waals surface area contributed by atoms with Crippen LogP contribution in [-0.2, 0) is 16.0 Å². The lowest BCUT2D eigenvalue weighted by Crippen LogP contribution is -2.31. The molecule has 2 aromatic heterocycles. The number of aromatic nitrogens is 2. The molecule has 7 nitrogen and oxygen atoms in total. The highest BCUT2D eigenvalue weighted by atomic mass is 16.5. The SMILES string of the molecule is C[C@@H]1CCCC[C@H]1OCCNC(=O)CCc1nc(-c2ccoc2)no1. The first kappa shape index (κ1) is 17.7. The van der Waals surface area contributed by atoms with E-state index in [0.717, 1.165) is 12.0 Å². The summed E-state index contributed by atoms with van der Waals surface area (Å²) < 4.78 is 16.0. The Morgan fingerprint density at radius 1 is 1.40 bits per heavy atom. The Morgan fingerprint density at radius 3 is 3.08 bits per heavy atom. The van der Waals surface area contributed by atoms with Gasteiger partial charge in [0.25, 0.3) is 0 Å². The van der Waals surface area contributed by atoms with Gasteiger partial charge in [-0.1, -0.05) is 24.9 Å². The minimum atomic E-state index is -0.0386. The highest BCUT2D eigenvalue weighted by molar-refractivity contribution is 5.76. The molecule has 2 aromatic rings. The summed E-state index contributed by atoms with van der Waals surface area (Å²) >= 11 is 0. The van der Waals surface area contributed by atoms with Gasteiger partial charge < -0.3 is 19.0 Å². The number of hydrogen-bond acceptors (Lipinski definition) is 6. The molecule has 1 aliphatic carbocycles. The molecule has 0 aliphatic heterocycles. The fourth-order valence-electron chi connectivity index (χ4n) is 3.10. The van der Waals surface area contributed by atoms with Crippen LogP contribution in [-0.4, -0.2) is 35.3 Å². The van der Waals surface area contributed by atoms with E-state index in [-0.39, 0.29) is 5.91 Å². The molecule has 1 fully saturated rings. The van der Waals surface area contributed by atoms with Gasteiger partial charge in [-0.3, -0.25) is 4.79 Å². The van der Waals surface area contributed by atoms with E-state index >= 15 is 0 Å². The predicted molar refractivity (Wildman–Crippen MR) is 90.7 cm³/mol. The first-order valence-corrected chi connectivity index (χ1v) is 8.96. The van der Waals surface area contributed by atoms with E-state index in [4.69, 9.17) is 13.7 Å². The molecule has 1 N–H and O–H groups in total. The third kappa shape index (κ3) is 5.16. The lowest BCUT2D eigenvalue weighted by atomic mass is 9.88. The second-order valence-corrected chi connectivity index (χ2v) is 6.54. The second kappa shape index (κ2) is 8.80. The van der Waals surface area contributed by atoms with Gasteiger partial charge in [-0.2, -0.15) is 4.98 Å². The molecule has 0 unspecified atom stereocenters. The average molecular weight is 347 g/mol. The van der Waals surface area contributed by atoms with E-state index < -0.39 is 0 Å². The monoisotopic (exact) mass is 347 g/mol.